The van der Waals surface area contributed by atoms with Gasteiger partial charge in [-0.1, -0.05) is 97.3 Å². The molecule has 4 nitrogen and oxygen atoms in total. The molecule has 0 heterocycles. The maximum atomic E-state index is 11.5. The molecule has 0 saturated carbocycles. The van der Waals surface area contributed by atoms with Crippen molar-refractivity contribution >= 4 is 10.1 Å². The Hall–Kier alpha value is 0.870. The fourth-order valence-electron chi connectivity index (χ4n) is 3.45. The van der Waals surface area contributed by atoms with Crippen LogP contribution in [0.3, 0.4) is 0 Å². The van der Waals surface area contributed by atoms with Crippen molar-refractivity contribution in [3.63, 3.8) is 0 Å². The van der Waals surface area contributed by atoms with Crippen molar-refractivity contribution in [2.24, 2.45) is 0 Å². The molecule has 0 spiro atoms. The second-order valence-electron chi connectivity index (χ2n) is 7.81. The number of aliphatic hydroxyl groups excluding tert-OH is 1. The maximum absolute atomic E-state index is 11.5. The summed E-state index contributed by atoms with van der Waals surface area (Å²) in [4.78, 5) is 0. The van der Waals surface area contributed by atoms with E-state index >= 15 is 0 Å². The van der Waals surface area contributed by atoms with Gasteiger partial charge < -0.3 is 9.66 Å². The van der Waals surface area contributed by atoms with E-state index in [2.05, 4.69) is 13.8 Å². The van der Waals surface area contributed by atoms with E-state index in [0.717, 1.165) is 38.5 Å². The Morgan fingerprint density at radius 2 is 1.07 bits per heavy atom. The molecule has 0 aliphatic heterocycles. The van der Waals surface area contributed by atoms with Crippen LogP contribution in [0.2, 0.25) is 0 Å². The molecule has 0 rings (SSSR count). The van der Waals surface area contributed by atoms with Crippen molar-refractivity contribution in [1.29, 1.82) is 0 Å². The first-order chi connectivity index (χ1) is 12.4. The van der Waals surface area contributed by atoms with Crippen LogP contribution >= 0.6 is 0 Å². The second-order valence-corrected chi connectivity index (χ2v) is 9.46. The maximum Gasteiger partial charge on any atom is 1.00 e. The molecule has 0 bridgehead atoms. The SMILES string of the molecule is CCCCCCCCCC(CCC(O)CCCCCCCC)S(=O)(=O)[O-].[Na+]. The molecule has 0 aromatic heterocycles. The summed E-state index contributed by atoms with van der Waals surface area (Å²) in [6.45, 7) is 4.38. The Bertz CT molecular complexity index is 401. The van der Waals surface area contributed by atoms with E-state index in [9.17, 15) is 18.1 Å². The number of aliphatic hydroxyl groups is 1. The molecule has 0 aromatic rings. The third kappa shape index (κ3) is 19.9. The Morgan fingerprint density at radius 3 is 1.52 bits per heavy atom. The molecule has 0 fully saturated rings. The predicted molar refractivity (Wildman–Crippen MR) is 109 cm³/mol. The number of rotatable bonds is 19. The van der Waals surface area contributed by atoms with Crippen LogP contribution in [0, 0.1) is 0 Å². The fourth-order valence-corrected chi connectivity index (χ4v) is 4.33. The average Bonchev–Trinajstić information content (AvgIpc) is 2.58. The molecule has 0 aliphatic carbocycles. The Morgan fingerprint density at radius 1 is 0.667 bits per heavy atom. The summed E-state index contributed by atoms with van der Waals surface area (Å²) in [6.07, 6.45) is 16.3. The van der Waals surface area contributed by atoms with Gasteiger partial charge in [-0.15, -0.1) is 0 Å². The topological polar surface area (TPSA) is 77.4 Å². The molecule has 0 amide bonds. The Balaban J connectivity index is 0. The summed E-state index contributed by atoms with van der Waals surface area (Å²) < 4.78 is 34.4. The number of hydrogen-bond acceptors (Lipinski definition) is 4. The minimum absolute atomic E-state index is 0. The van der Waals surface area contributed by atoms with E-state index in [0.29, 0.717) is 19.3 Å². The average molecular weight is 415 g/mol. The van der Waals surface area contributed by atoms with Crippen molar-refractivity contribution in [1.82, 2.24) is 0 Å². The van der Waals surface area contributed by atoms with Crippen LogP contribution < -0.4 is 29.6 Å². The van der Waals surface area contributed by atoms with Gasteiger partial charge in [0.2, 0.25) is 0 Å². The summed E-state index contributed by atoms with van der Waals surface area (Å²) in [7, 11) is -4.26. The van der Waals surface area contributed by atoms with Crippen LogP contribution in [-0.4, -0.2) is 29.4 Å². The third-order valence-electron chi connectivity index (χ3n) is 5.25. The number of unbranched alkanes of at least 4 members (excludes halogenated alkanes) is 11. The monoisotopic (exact) mass is 414 g/mol. The van der Waals surface area contributed by atoms with E-state index in [4.69, 9.17) is 0 Å². The molecule has 2 atom stereocenters. The summed E-state index contributed by atoms with van der Waals surface area (Å²) >= 11 is 0. The minimum Gasteiger partial charge on any atom is -0.748 e. The smallest absolute Gasteiger partial charge is 0.748 e. The first kappa shape index (κ1) is 30.1. The summed E-state index contributed by atoms with van der Waals surface area (Å²) in [5.41, 5.74) is 0. The molecule has 0 aliphatic rings. The normalized spacial score (nSPS) is 13.9. The first-order valence-electron chi connectivity index (χ1n) is 11.0. The molecular weight excluding hydrogens is 371 g/mol. The third-order valence-corrected chi connectivity index (χ3v) is 6.54. The zero-order valence-corrected chi connectivity index (χ0v) is 21.1. The van der Waals surface area contributed by atoms with Gasteiger partial charge in [0.1, 0.15) is 0 Å². The van der Waals surface area contributed by atoms with Crippen LogP contribution in [-0.2, 0) is 10.1 Å². The van der Waals surface area contributed by atoms with Gasteiger partial charge in [0.05, 0.1) is 16.2 Å². The van der Waals surface area contributed by atoms with Crippen molar-refractivity contribution in [2.45, 2.75) is 134 Å². The summed E-state index contributed by atoms with van der Waals surface area (Å²) in [5, 5.41) is 9.24. The van der Waals surface area contributed by atoms with Gasteiger partial charge >= 0.3 is 29.6 Å². The molecule has 6 heteroatoms. The fraction of sp³-hybridized carbons (Fsp3) is 1.00. The summed E-state index contributed by atoms with van der Waals surface area (Å²) in [5.74, 6) is 0. The van der Waals surface area contributed by atoms with Crippen molar-refractivity contribution in [3.8, 4) is 0 Å². The van der Waals surface area contributed by atoms with Crippen LogP contribution in [0.15, 0.2) is 0 Å². The zero-order valence-electron chi connectivity index (χ0n) is 18.3. The van der Waals surface area contributed by atoms with Gasteiger partial charge in [-0.2, -0.15) is 0 Å². The van der Waals surface area contributed by atoms with Crippen molar-refractivity contribution in [3.05, 3.63) is 0 Å². The van der Waals surface area contributed by atoms with Crippen molar-refractivity contribution < 1.29 is 47.6 Å². The van der Waals surface area contributed by atoms with Gasteiger partial charge in [-0.3, -0.25) is 0 Å². The second kappa shape index (κ2) is 20.2. The van der Waals surface area contributed by atoms with E-state index in [-0.39, 0.29) is 29.6 Å². The van der Waals surface area contributed by atoms with E-state index in [1.807, 2.05) is 0 Å². The quantitative estimate of drug-likeness (QED) is 0.200. The molecule has 27 heavy (non-hydrogen) atoms. The Kier molecular flexibility index (Phi) is 22.4. The van der Waals surface area contributed by atoms with Crippen molar-refractivity contribution in [2.75, 3.05) is 0 Å². The van der Waals surface area contributed by atoms with Gasteiger partial charge in [0, 0.05) is 5.25 Å². The molecule has 2 unspecified atom stereocenters. The van der Waals surface area contributed by atoms with Gasteiger partial charge in [-0.25, -0.2) is 8.42 Å². The van der Waals surface area contributed by atoms with Crippen LogP contribution in [0.4, 0.5) is 0 Å². The van der Waals surface area contributed by atoms with Gasteiger partial charge in [-0.05, 0) is 25.7 Å². The zero-order chi connectivity index (χ0) is 19.7. The summed E-state index contributed by atoms with van der Waals surface area (Å²) in [6, 6.07) is 0. The molecule has 0 aromatic carbocycles. The standard InChI is InChI=1S/C21H44O4S.Na/c1-3-5-7-9-11-13-15-17-21(26(23,24)25)19-18-20(22)16-14-12-10-8-6-4-2;/h20-22H,3-19H2,1-2H3,(H,23,24,25);/q;+1/p-1. The van der Waals surface area contributed by atoms with Crippen LogP contribution in [0.5, 0.6) is 0 Å². The Labute approximate surface area is 191 Å². The van der Waals surface area contributed by atoms with Crippen LogP contribution in [0.25, 0.3) is 0 Å². The predicted octanol–water partition coefficient (Wildman–Crippen LogP) is 2.94. The molecule has 158 valence electrons. The van der Waals surface area contributed by atoms with Crippen LogP contribution in [0.1, 0.15) is 123 Å². The molecule has 1 N–H and O–H groups in total. The minimum atomic E-state index is -4.26. The van der Waals surface area contributed by atoms with E-state index < -0.39 is 21.5 Å². The number of hydrogen-bond donors (Lipinski definition) is 1. The first-order valence-corrected chi connectivity index (χ1v) is 12.5. The van der Waals surface area contributed by atoms with Gasteiger partial charge in [0.15, 0.2) is 0 Å². The van der Waals surface area contributed by atoms with Gasteiger partial charge in [0.25, 0.3) is 0 Å². The largest absolute Gasteiger partial charge is 1.00 e. The molecular formula is C21H43NaO4S. The van der Waals surface area contributed by atoms with E-state index in [1.54, 1.807) is 0 Å². The van der Waals surface area contributed by atoms with E-state index in [1.165, 1.54) is 51.4 Å². The molecule has 0 radical (unpaired) electrons. The molecule has 0 saturated heterocycles.